The molecule has 0 saturated heterocycles. The highest BCUT2D eigenvalue weighted by atomic mass is 35.5. The summed E-state index contributed by atoms with van der Waals surface area (Å²) in [7, 11) is 0. The minimum atomic E-state index is -0.272. The van der Waals surface area contributed by atoms with Crippen molar-refractivity contribution in [3.63, 3.8) is 0 Å². The molecule has 1 aromatic heterocycles. The van der Waals surface area contributed by atoms with Crippen molar-refractivity contribution in [3.8, 4) is 0 Å². The van der Waals surface area contributed by atoms with Crippen LogP contribution in [0.15, 0.2) is 18.2 Å². The maximum Gasteiger partial charge on any atom is 0.319 e. The van der Waals surface area contributed by atoms with Crippen LogP contribution in [0, 0.1) is 0 Å². The Bertz CT molecular complexity index is 585. The number of amides is 2. The van der Waals surface area contributed by atoms with E-state index in [0.29, 0.717) is 11.0 Å². The van der Waals surface area contributed by atoms with Crippen LogP contribution in [-0.4, -0.2) is 21.5 Å². The van der Waals surface area contributed by atoms with E-state index in [9.17, 15) is 4.79 Å². The van der Waals surface area contributed by atoms with Gasteiger partial charge in [-0.05, 0) is 50.6 Å². The van der Waals surface area contributed by atoms with E-state index in [1.807, 2.05) is 20.8 Å². The first kappa shape index (κ1) is 12.7. The molecule has 0 atom stereocenters. The number of rotatable bonds is 1. The molecule has 2 rings (SSSR count). The van der Waals surface area contributed by atoms with E-state index in [1.54, 1.807) is 18.2 Å². The third-order valence-electron chi connectivity index (χ3n) is 2.20. The second-order valence-corrected chi connectivity index (χ2v) is 5.45. The van der Waals surface area contributed by atoms with Crippen molar-refractivity contribution in [2.45, 2.75) is 26.3 Å². The lowest BCUT2D eigenvalue weighted by Crippen LogP contribution is -2.43. The third-order valence-corrected chi connectivity index (χ3v) is 2.38. The summed E-state index contributed by atoms with van der Waals surface area (Å²) in [6.45, 7) is 5.76. The van der Waals surface area contributed by atoms with Gasteiger partial charge in [0.05, 0.1) is 11.0 Å². The van der Waals surface area contributed by atoms with Gasteiger partial charge in [0, 0.05) is 11.2 Å². The van der Waals surface area contributed by atoms with Crippen LogP contribution in [0.25, 0.3) is 11.0 Å². The van der Waals surface area contributed by atoms with Gasteiger partial charge in [-0.25, -0.2) is 9.78 Å². The Morgan fingerprint density at radius 1 is 1.39 bits per heavy atom. The van der Waals surface area contributed by atoms with Crippen molar-refractivity contribution in [3.05, 3.63) is 23.5 Å². The molecule has 96 valence electrons. The average Bonchev–Trinajstić information content (AvgIpc) is 2.53. The van der Waals surface area contributed by atoms with Crippen LogP contribution in [-0.2, 0) is 0 Å². The molecule has 0 fully saturated rings. The molecule has 0 aliphatic heterocycles. The summed E-state index contributed by atoms with van der Waals surface area (Å²) < 4.78 is 0. The predicted molar refractivity (Wildman–Crippen MR) is 73.0 cm³/mol. The number of fused-ring (bicyclic) bond motifs is 1. The summed E-state index contributed by atoms with van der Waals surface area (Å²) in [6, 6.07) is 5.12. The molecular formula is C12H15ClN4O. The highest BCUT2D eigenvalue weighted by Crippen LogP contribution is 2.19. The van der Waals surface area contributed by atoms with Gasteiger partial charge in [-0.3, -0.25) is 0 Å². The first-order chi connectivity index (χ1) is 8.33. The van der Waals surface area contributed by atoms with E-state index in [2.05, 4.69) is 20.6 Å². The number of halogens is 1. The van der Waals surface area contributed by atoms with Gasteiger partial charge in [0.2, 0.25) is 5.28 Å². The fourth-order valence-electron chi connectivity index (χ4n) is 1.56. The Morgan fingerprint density at radius 3 is 2.78 bits per heavy atom. The number of H-pyrrole nitrogens is 1. The maximum atomic E-state index is 11.7. The number of hydrogen-bond donors (Lipinski definition) is 3. The fraction of sp³-hybridized carbons (Fsp3) is 0.333. The van der Waals surface area contributed by atoms with Crippen LogP contribution in [0.5, 0.6) is 0 Å². The largest absolute Gasteiger partial charge is 0.333 e. The van der Waals surface area contributed by atoms with Crippen LogP contribution < -0.4 is 10.6 Å². The first-order valence-corrected chi connectivity index (χ1v) is 5.96. The van der Waals surface area contributed by atoms with E-state index in [-0.39, 0.29) is 11.6 Å². The second-order valence-electron chi connectivity index (χ2n) is 5.09. The van der Waals surface area contributed by atoms with Gasteiger partial charge < -0.3 is 15.6 Å². The molecule has 0 aliphatic carbocycles. The SMILES string of the molecule is CC(C)(C)NC(=O)Nc1ccc2nc(Cl)[nH]c2c1. The molecule has 6 heteroatoms. The van der Waals surface area contributed by atoms with E-state index >= 15 is 0 Å². The van der Waals surface area contributed by atoms with Crippen molar-refractivity contribution in [1.82, 2.24) is 15.3 Å². The second kappa shape index (κ2) is 4.49. The molecule has 2 amide bonds. The van der Waals surface area contributed by atoms with Gasteiger partial charge in [-0.2, -0.15) is 0 Å². The zero-order valence-electron chi connectivity index (χ0n) is 10.5. The zero-order valence-corrected chi connectivity index (χ0v) is 11.2. The molecule has 5 nitrogen and oxygen atoms in total. The highest BCUT2D eigenvalue weighted by molar-refractivity contribution is 6.29. The Balaban J connectivity index is 2.14. The zero-order chi connectivity index (χ0) is 13.3. The minimum absolute atomic E-state index is 0.243. The Morgan fingerprint density at radius 2 is 2.11 bits per heavy atom. The molecule has 18 heavy (non-hydrogen) atoms. The summed E-state index contributed by atoms with van der Waals surface area (Å²) in [5.74, 6) is 0. The number of nitrogens with zero attached hydrogens (tertiary/aromatic N) is 1. The van der Waals surface area contributed by atoms with E-state index in [1.165, 1.54) is 0 Å². The summed E-state index contributed by atoms with van der Waals surface area (Å²) in [4.78, 5) is 18.7. The Kier molecular flexibility index (Phi) is 3.17. The molecule has 0 spiro atoms. The van der Waals surface area contributed by atoms with Crippen molar-refractivity contribution in [1.29, 1.82) is 0 Å². The first-order valence-electron chi connectivity index (χ1n) is 5.58. The number of carbonyl (C=O) groups excluding carboxylic acids is 1. The van der Waals surface area contributed by atoms with E-state index in [0.717, 1.165) is 11.0 Å². The number of benzene rings is 1. The number of imidazole rings is 1. The van der Waals surface area contributed by atoms with Gasteiger partial charge in [0.15, 0.2) is 0 Å². The number of nitrogens with one attached hydrogen (secondary N) is 3. The molecule has 0 unspecified atom stereocenters. The lowest BCUT2D eigenvalue weighted by atomic mass is 10.1. The molecule has 2 aromatic rings. The number of anilines is 1. The van der Waals surface area contributed by atoms with Crippen LogP contribution in [0.4, 0.5) is 10.5 Å². The van der Waals surface area contributed by atoms with Gasteiger partial charge >= 0.3 is 6.03 Å². The molecule has 0 aliphatic rings. The maximum absolute atomic E-state index is 11.7. The Labute approximate surface area is 110 Å². The predicted octanol–water partition coefficient (Wildman–Crippen LogP) is 3.14. The van der Waals surface area contributed by atoms with Crippen LogP contribution in [0.1, 0.15) is 20.8 Å². The average molecular weight is 267 g/mol. The summed E-state index contributed by atoms with van der Waals surface area (Å²) in [5, 5.41) is 5.91. The molecule has 1 heterocycles. The Hall–Kier alpha value is -1.75. The van der Waals surface area contributed by atoms with E-state index in [4.69, 9.17) is 11.6 Å². The smallest absolute Gasteiger partial charge is 0.319 e. The lowest BCUT2D eigenvalue weighted by Gasteiger charge is -2.20. The van der Waals surface area contributed by atoms with Crippen molar-refractivity contribution in [2.24, 2.45) is 0 Å². The van der Waals surface area contributed by atoms with Gasteiger partial charge in [-0.15, -0.1) is 0 Å². The summed E-state index contributed by atoms with van der Waals surface area (Å²) in [6.07, 6.45) is 0. The van der Waals surface area contributed by atoms with Gasteiger partial charge in [-0.1, -0.05) is 0 Å². The fourth-order valence-corrected chi connectivity index (χ4v) is 1.75. The van der Waals surface area contributed by atoms with Crippen molar-refractivity contribution < 1.29 is 4.79 Å². The highest BCUT2D eigenvalue weighted by Gasteiger charge is 2.13. The summed E-state index contributed by atoms with van der Waals surface area (Å²) >= 11 is 5.76. The molecule has 0 saturated carbocycles. The molecule has 1 aromatic carbocycles. The number of urea groups is 1. The van der Waals surface area contributed by atoms with Crippen molar-refractivity contribution >= 4 is 34.4 Å². The van der Waals surface area contributed by atoms with Gasteiger partial charge in [0.1, 0.15) is 0 Å². The minimum Gasteiger partial charge on any atom is -0.333 e. The van der Waals surface area contributed by atoms with Crippen molar-refractivity contribution in [2.75, 3.05) is 5.32 Å². The molecular weight excluding hydrogens is 252 g/mol. The molecule has 0 bridgehead atoms. The van der Waals surface area contributed by atoms with Crippen LogP contribution >= 0.6 is 11.6 Å². The molecule has 0 radical (unpaired) electrons. The van der Waals surface area contributed by atoms with E-state index < -0.39 is 0 Å². The van der Waals surface area contributed by atoms with Crippen LogP contribution in [0.2, 0.25) is 5.28 Å². The number of aromatic nitrogens is 2. The number of carbonyl (C=O) groups is 1. The molecule has 3 N–H and O–H groups in total. The standard InChI is InChI=1S/C12H15ClN4O/c1-12(2,3)17-11(18)14-7-4-5-8-9(6-7)16-10(13)15-8/h4-6H,1-3H3,(H,15,16)(H2,14,17,18). The quantitative estimate of drug-likeness (QED) is 0.742. The van der Waals surface area contributed by atoms with Crippen LogP contribution in [0.3, 0.4) is 0 Å². The normalized spacial score (nSPS) is 11.6. The lowest BCUT2D eigenvalue weighted by molar-refractivity contribution is 0.244. The third kappa shape index (κ3) is 3.13. The summed E-state index contributed by atoms with van der Waals surface area (Å²) in [5.41, 5.74) is 1.96. The number of aromatic amines is 1. The monoisotopic (exact) mass is 266 g/mol. The van der Waals surface area contributed by atoms with Gasteiger partial charge in [0.25, 0.3) is 0 Å². The topological polar surface area (TPSA) is 69.8 Å². The number of hydrogen-bond acceptors (Lipinski definition) is 2.